The fourth-order valence-corrected chi connectivity index (χ4v) is 4.33. The van der Waals surface area contributed by atoms with E-state index in [2.05, 4.69) is 4.72 Å². The van der Waals surface area contributed by atoms with E-state index >= 15 is 0 Å². The zero-order valence-electron chi connectivity index (χ0n) is 12.1. The molecule has 1 saturated heterocycles. The van der Waals surface area contributed by atoms with Gasteiger partial charge in [-0.2, -0.15) is 0 Å². The van der Waals surface area contributed by atoms with Gasteiger partial charge in [0, 0.05) is 13.1 Å². The lowest BCUT2D eigenvalue weighted by Crippen LogP contribution is -2.42. The topological polar surface area (TPSA) is 66.5 Å². The Balaban J connectivity index is 1.68. The third-order valence-corrected chi connectivity index (χ3v) is 5.90. The molecule has 2 atom stereocenters. The van der Waals surface area contributed by atoms with Crippen LogP contribution < -0.4 is 4.72 Å². The molecule has 1 saturated carbocycles. The molecule has 1 aromatic rings. The van der Waals surface area contributed by atoms with Gasteiger partial charge in [-0.15, -0.1) is 0 Å². The summed E-state index contributed by atoms with van der Waals surface area (Å²) in [4.78, 5) is 13.9. The van der Waals surface area contributed by atoms with E-state index in [-0.39, 0.29) is 4.90 Å². The second kappa shape index (κ2) is 5.33. The number of hydrogen-bond acceptors (Lipinski definition) is 3. The van der Waals surface area contributed by atoms with Crippen LogP contribution in [0.5, 0.6) is 0 Å². The molecule has 1 aliphatic heterocycles. The highest BCUT2D eigenvalue weighted by atomic mass is 32.2. The van der Waals surface area contributed by atoms with Gasteiger partial charge < -0.3 is 4.90 Å². The van der Waals surface area contributed by atoms with Gasteiger partial charge in [0.05, 0.1) is 4.90 Å². The Morgan fingerprint density at radius 2 is 1.71 bits per heavy atom. The lowest BCUT2D eigenvalue weighted by molar-refractivity contribution is 0.211. The van der Waals surface area contributed by atoms with E-state index in [1.807, 2.05) is 6.92 Å². The molecular weight excluding hydrogens is 288 g/mol. The maximum absolute atomic E-state index is 12.2. The average Bonchev–Trinajstić information content (AvgIpc) is 2.99. The van der Waals surface area contributed by atoms with Crippen LogP contribution in [0.3, 0.4) is 0 Å². The summed E-state index contributed by atoms with van der Waals surface area (Å²) in [6.07, 6.45) is 3.53. The van der Waals surface area contributed by atoms with E-state index in [1.165, 1.54) is 18.6 Å². The number of carbonyl (C=O) groups is 1. The van der Waals surface area contributed by atoms with Crippen LogP contribution in [-0.2, 0) is 10.0 Å². The smallest absolute Gasteiger partial charge is 0.323 e. The normalized spacial score (nSPS) is 24.9. The van der Waals surface area contributed by atoms with E-state index < -0.39 is 16.1 Å². The summed E-state index contributed by atoms with van der Waals surface area (Å²) < 4.78 is 26.6. The van der Waals surface area contributed by atoms with Crippen molar-refractivity contribution in [2.45, 2.75) is 31.1 Å². The van der Waals surface area contributed by atoms with Gasteiger partial charge in [0.15, 0.2) is 0 Å². The number of aryl methyl sites for hydroxylation is 1. The predicted molar refractivity (Wildman–Crippen MR) is 79.3 cm³/mol. The van der Waals surface area contributed by atoms with Gasteiger partial charge in [0.2, 0.25) is 0 Å². The molecule has 0 aromatic heterocycles. The van der Waals surface area contributed by atoms with Gasteiger partial charge in [-0.1, -0.05) is 24.1 Å². The van der Waals surface area contributed by atoms with Crippen molar-refractivity contribution in [2.24, 2.45) is 11.8 Å². The molecule has 114 valence electrons. The molecule has 0 radical (unpaired) electrons. The minimum Gasteiger partial charge on any atom is -0.323 e. The van der Waals surface area contributed by atoms with Crippen LogP contribution in [0.2, 0.25) is 0 Å². The summed E-state index contributed by atoms with van der Waals surface area (Å²) in [5.41, 5.74) is 0.979. The quantitative estimate of drug-likeness (QED) is 0.910. The van der Waals surface area contributed by atoms with Gasteiger partial charge in [-0.3, -0.25) is 0 Å². The summed E-state index contributed by atoms with van der Waals surface area (Å²) in [6, 6.07) is 5.98. The Bertz CT molecular complexity index is 627. The molecule has 2 aliphatic rings. The van der Waals surface area contributed by atoms with E-state index in [9.17, 15) is 13.2 Å². The first kappa shape index (κ1) is 14.4. The monoisotopic (exact) mass is 308 g/mol. The Morgan fingerprint density at radius 3 is 2.29 bits per heavy atom. The zero-order chi connectivity index (χ0) is 15.0. The fourth-order valence-electron chi connectivity index (χ4n) is 3.36. The summed E-state index contributed by atoms with van der Waals surface area (Å²) in [5, 5.41) is 0. The van der Waals surface area contributed by atoms with Crippen molar-refractivity contribution < 1.29 is 13.2 Å². The number of fused-ring (bicyclic) bond motifs is 1. The van der Waals surface area contributed by atoms with Crippen LogP contribution in [-0.4, -0.2) is 32.4 Å². The molecule has 0 bridgehead atoms. The highest BCUT2D eigenvalue weighted by Gasteiger charge is 2.38. The SMILES string of the molecule is Cc1ccc(S(=O)(=O)NC(=O)N2C[C@H]3CCC[C@@H]3C2)cc1. The maximum atomic E-state index is 12.2. The molecule has 0 spiro atoms. The van der Waals surface area contributed by atoms with Crippen molar-refractivity contribution in [1.29, 1.82) is 0 Å². The molecule has 1 aromatic carbocycles. The second-order valence-electron chi connectivity index (χ2n) is 6.08. The van der Waals surface area contributed by atoms with Crippen LogP contribution in [0.25, 0.3) is 0 Å². The summed E-state index contributed by atoms with van der Waals surface area (Å²) in [5.74, 6) is 1.11. The largest absolute Gasteiger partial charge is 0.331 e. The highest BCUT2D eigenvalue weighted by molar-refractivity contribution is 7.90. The van der Waals surface area contributed by atoms with Crippen LogP contribution in [0.15, 0.2) is 29.2 Å². The van der Waals surface area contributed by atoms with E-state index in [0.29, 0.717) is 24.9 Å². The van der Waals surface area contributed by atoms with Gasteiger partial charge in [-0.25, -0.2) is 17.9 Å². The Morgan fingerprint density at radius 1 is 1.14 bits per heavy atom. The first-order valence-electron chi connectivity index (χ1n) is 7.34. The third kappa shape index (κ3) is 2.90. The number of sulfonamides is 1. The van der Waals surface area contributed by atoms with Gasteiger partial charge in [-0.05, 0) is 43.7 Å². The lowest BCUT2D eigenvalue weighted by atomic mass is 10.0. The molecule has 1 N–H and O–H groups in total. The molecule has 1 heterocycles. The van der Waals surface area contributed by atoms with Crippen molar-refractivity contribution in [3.05, 3.63) is 29.8 Å². The number of amides is 2. The molecule has 2 fully saturated rings. The van der Waals surface area contributed by atoms with Crippen LogP contribution in [0, 0.1) is 18.8 Å². The lowest BCUT2D eigenvalue weighted by Gasteiger charge is -2.18. The van der Waals surface area contributed by atoms with Crippen molar-refractivity contribution in [1.82, 2.24) is 9.62 Å². The Hall–Kier alpha value is -1.56. The second-order valence-corrected chi connectivity index (χ2v) is 7.76. The Kier molecular flexibility index (Phi) is 3.65. The maximum Gasteiger partial charge on any atom is 0.331 e. The van der Waals surface area contributed by atoms with E-state index in [4.69, 9.17) is 0 Å². The van der Waals surface area contributed by atoms with Crippen LogP contribution in [0.1, 0.15) is 24.8 Å². The number of benzene rings is 1. The average molecular weight is 308 g/mol. The molecule has 1 aliphatic carbocycles. The van der Waals surface area contributed by atoms with Crippen LogP contribution in [0.4, 0.5) is 4.79 Å². The van der Waals surface area contributed by atoms with Crippen molar-refractivity contribution >= 4 is 16.1 Å². The van der Waals surface area contributed by atoms with Crippen molar-refractivity contribution in [2.75, 3.05) is 13.1 Å². The third-order valence-electron chi connectivity index (χ3n) is 4.57. The van der Waals surface area contributed by atoms with Gasteiger partial charge in [0.25, 0.3) is 10.0 Å². The van der Waals surface area contributed by atoms with Crippen LogP contribution >= 0.6 is 0 Å². The molecule has 5 nitrogen and oxygen atoms in total. The number of likely N-dealkylation sites (tertiary alicyclic amines) is 1. The Labute approximate surface area is 125 Å². The number of urea groups is 1. The summed E-state index contributed by atoms with van der Waals surface area (Å²) in [7, 11) is -3.78. The number of hydrogen-bond donors (Lipinski definition) is 1. The fraction of sp³-hybridized carbons (Fsp3) is 0.533. The first-order chi connectivity index (χ1) is 9.95. The molecule has 0 unspecified atom stereocenters. The minimum absolute atomic E-state index is 0.126. The molecule has 21 heavy (non-hydrogen) atoms. The summed E-state index contributed by atoms with van der Waals surface area (Å²) >= 11 is 0. The number of nitrogens with zero attached hydrogens (tertiary/aromatic N) is 1. The molecule has 6 heteroatoms. The highest BCUT2D eigenvalue weighted by Crippen LogP contribution is 2.37. The van der Waals surface area contributed by atoms with Gasteiger partial charge >= 0.3 is 6.03 Å². The molecule has 3 rings (SSSR count). The summed E-state index contributed by atoms with van der Waals surface area (Å²) in [6.45, 7) is 3.25. The standard InChI is InChI=1S/C15H20N2O3S/c1-11-5-7-14(8-6-11)21(19,20)16-15(18)17-9-12-3-2-4-13(12)10-17/h5-8,12-13H,2-4,9-10H2,1H3,(H,16,18)/t12-,13-/m1/s1. The number of rotatable bonds is 2. The molecule has 2 amide bonds. The zero-order valence-corrected chi connectivity index (χ0v) is 12.9. The van der Waals surface area contributed by atoms with Gasteiger partial charge in [0.1, 0.15) is 0 Å². The van der Waals surface area contributed by atoms with E-state index in [1.54, 1.807) is 17.0 Å². The minimum atomic E-state index is -3.78. The van der Waals surface area contributed by atoms with Crippen molar-refractivity contribution in [3.63, 3.8) is 0 Å². The first-order valence-corrected chi connectivity index (χ1v) is 8.82. The van der Waals surface area contributed by atoms with E-state index in [0.717, 1.165) is 18.4 Å². The number of nitrogens with one attached hydrogen (secondary N) is 1. The predicted octanol–water partition coefficient (Wildman–Crippen LogP) is 2.13. The van der Waals surface area contributed by atoms with Crippen molar-refractivity contribution in [3.8, 4) is 0 Å². The number of carbonyl (C=O) groups excluding carboxylic acids is 1. The molecular formula is C15H20N2O3S.